The van der Waals surface area contributed by atoms with Crippen LogP contribution < -0.4 is 21.7 Å². The zero-order valence-electron chi connectivity index (χ0n) is 24.9. The van der Waals surface area contributed by atoms with Crippen molar-refractivity contribution in [3.63, 3.8) is 0 Å². The number of nitrogens with zero attached hydrogens (tertiary/aromatic N) is 1. The van der Waals surface area contributed by atoms with Gasteiger partial charge in [0, 0.05) is 12.1 Å². The third-order valence-electron chi connectivity index (χ3n) is 8.58. The molecule has 1 aromatic rings. The van der Waals surface area contributed by atoms with Gasteiger partial charge in [-0.15, -0.1) is 0 Å². The Morgan fingerprint density at radius 3 is 2.29 bits per heavy atom. The molecule has 0 aromatic heterocycles. The van der Waals surface area contributed by atoms with Crippen molar-refractivity contribution in [2.45, 2.75) is 95.8 Å². The molecular formula is C31H45N5O5S. The summed E-state index contributed by atoms with van der Waals surface area (Å²) in [6.07, 6.45) is 5.65. The largest absolute Gasteiger partial charge is 0.363 e. The zero-order chi connectivity index (χ0) is 30.5. The third kappa shape index (κ3) is 8.26. The number of hydrogen-bond acceptors (Lipinski definition) is 6. The Labute approximate surface area is 252 Å². The quantitative estimate of drug-likeness (QED) is 0.287. The van der Waals surface area contributed by atoms with Crippen molar-refractivity contribution < 1.29 is 24.0 Å². The van der Waals surface area contributed by atoms with Crippen LogP contribution in [0.1, 0.15) is 71.3 Å². The molecule has 5 N–H and O–H groups in total. The molecule has 42 heavy (non-hydrogen) atoms. The van der Waals surface area contributed by atoms with E-state index in [-0.39, 0.29) is 11.8 Å². The SMILES string of the molecule is CC(C)(C)C(NC(=O)NC1(Cc2ccccc2)CCSCC1)C(=O)N1CCC[C@H]1C(=O)NC(CC1CC1)C(=O)C(N)=O. The van der Waals surface area contributed by atoms with Gasteiger partial charge >= 0.3 is 6.03 Å². The predicted octanol–water partition coefficient (Wildman–Crippen LogP) is 2.54. The maximum Gasteiger partial charge on any atom is 0.315 e. The second-order valence-corrected chi connectivity index (χ2v) is 14.3. The van der Waals surface area contributed by atoms with Gasteiger partial charge in [0.25, 0.3) is 5.91 Å². The normalized spacial score (nSPS) is 21.6. The molecule has 11 heteroatoms. The molecule has 5 amide bonds. The smallest absolute Gasteiger partial charge is 0.315 e. The van der Waals surface area contributed by atoms with Crippen LogP contribution in [0, 0.1) is 11.3 Å². The highest BCUT2D eigenvalue weighted by Gasteiger charge is 2.44. The number of benzene rings is 1. The average Bonchev–Trinajstić information content (AvgIpc) is 3.61. The van der Waals surface area contributed by atoms with Gasteiger partial charge in [0.15, 0.2) is 0 Å². The van der Waals surface area contributed by atoms with Crippen LogP contribution in [0.3, 0.4) is 0 Å². The van der Waals surface area contributed by atoms with Crippen molar-refractivity contribution >= 4 is 41.3 Å². The van der Waals surface area contributed by atoms with Crippen molar-refractivity contribution in [3.8, 4) is 0 Å². The number of nitrogens with one attached hydrogen (secondary N) is 3. The first-order valence-corrected chi connectivity index (χ1v) is 16.2. The lowest BCUT2D eigenvalue weighted by molar-refractivity contribution is -0.143. The maximum absolute atomic E-state index is 14.0. The maximum atomic E-state index is 14.0. The summed E-state index contributed by atoms with van der Waals surface area (Å²) in [5.41, 5.74) is 5.34. The van der Waals surface area contributed by atoms with E-state index in [1.165, 1.54) is 4.90 Å². The number of urea groups is 1. The van der Waals surface area contributed by atoms with Gasteiger partial charge in [-0.3, -0.25) is 19.2 Å². The summed E-state index contributed by atoms with van der Waals surface area (Å²) >= 11 is 1.87. The average molecular weight is 600 g/mol. The number of Topliss-reactive ketones (excluding diaryl/α,β-unsaturated/α-hetero) is 1. The molecule has 0 bridgehead atoms. The minimum absolute atomic E-state index is 0.279. The minimum Gasteiger partial charge on any atom is -0.363 e. The molecule has 2 aliphatic heterocycles. The van der Waals surface area contributed by atoms with E-state index in [1.807, 2.05) is 50.7 Å². The summed E-state index contributed by atoms with van der Waals surface area (Å²) < 4.78 is 0. The molecule has 3 fully saturated rings. The molecule has 3 atom stereocenters. The van der Waals surface area contributed by atoms with Crippen LogP contribution in [0.2, 0.25) is 0 Å². The van der Waals surface area contributed by atoms with Gasteiger partial charge in [-0.05, 0) is 66.9 Å². The van der Waals surface area contributed by atoms with Crippen LogP contribution in [-0.2, 0) is 25.6 Å². The summed E-state index contributed by atoms with van der Waals surface area (Å²) in [4.78, 5) is 66.4. The fraction of sp³-hybridized carbons (Fsp3) is 0.645. The van der Waals surface area contributed by atoms with E-state index in [1.54, 1.807) is 0 Å². The molecule has 1 saturated carbocycles. The monoisotopic (exact) mass is 599 g/mol. The Morgan fingerprint density at radius 1 is 1.02 bits per heavy atom. The van der Waals surface area contributed by atoms with Gasteiger partial charge in [0.05, 0.1) is 6.04 Å². The number of amides is 5. The molecule has 1 aromatic carbocycles. The Hall–Kier alpha value is -3.08. The van der Waals surface area contributed by atoms with E-state index < -0.39 is 52.7 Å². The fourth-order valence-electron chi connectivity index (χ4n) is 5.98. The second kappa shape index (κ2) is 13.5. The molecule has 0 spiro atoms. The first kappa shape index (κ1) is 31.8. The number of likely N-dealkylation sites (tertiary alicyclic amines) is 1. The molecule has 3 aliphatic rings. The third-order valence-corrected chi connectivity index (χ3v) is 9.57. The van der Waals surface area contributed by atoms with Crippen molar-refractivity contribution in [1.82, 2.24) is 20.9 Å². The van der Waals surface area contributed by atoms with Crippen LogP contribution in [-0.4, -0.2) is 76.2 Å². The van der Waals surface area contributed by atoms with E-state index in [0.717, 1.165) is 42.8 Å². The van der Waals surface area contributed by atoms with E-state index in [2.05, 4.69) is 28.1 Å². The lowest BCUT2D eigenvalue weighted by Crippen LogP contribution is -2.62. The van der Waals surface area contributed by atoms with Crippen molar-refractivity contribution in [2.24, 2.45) is 17.1 Å². The molecular weight excluding hydrogens is 554 g/mol. The van der Waals surface area contributed by atoms with Gasteiger partial charge in [-0.2, -0.15) is 11.8 Å². The summed E-state index contributed by atoms with van der Waals surface area (Å²) in [5.74, 6) is -0.543. The number of nitrogens with two attached hydrogens (primary N) is 1. The van der Waals surface area contributed by atoms with Crippen LogP contribution in [0.5, 0.6) is 0 Å². The first-order chi connectivity index (χ1) is 19.9. The highest BCUT2D eigenvalue weighted by molar-refractivity contribution is 7.99. The molecule has 2 saturated heterocycles. The summed E-state index contributed by atoms with van der Waals surface area (Å²) in [6.45, 7) is 6.01. The van der Waals surface area contributed by atoms with Gasteiger partial charge in [0.2, 0.25) is 17.6 Å². The molecule has 2 unspecified atom stereocenters. The van der Waals surface area contributed by atoms with Crippen molar-refractivity contribution in [2.75, 3.05) is 18.1 Å². The number of carbonyl (C=O) groups excluding carboxylic acids is 5. The van der Waals surface area contributed by atoms with E-state index in [4.69, 9.17) is 5.73 Å². The Kier molecular flexibility index (Phi) is 10.2. The summed E-state index contributed by atoms with van der Waals surface area (Å²) in [5, 5.41) is 8.92. The van der Waals surface area contributed by atoms with Crippen molar-refractivity contribution in [3.05, 3.63) is 35.9 Å². The molecule has 2 heterocycles. The first-order valence-electron chi connectivity index (χ1n) is 15.0. The van der Waals surface area contributed by atoms with E-state index in [9.17, 15) is 24.0 Å². The minimum atomic E-state index is -1.08. The van der Waals surface area contributed by atoms with Gasteiger partial charge in [0.1, 0.15) is 12.1 Å². The lowest BCUT2D eigenvalue weighted by atomic mass is 9.84. The predicted molar refractivity (Wildman–Crippen MR) is 163 cm³/mol. The standard InChI is InChI=1S/C31H45N5O5S/c1-30(2,3)25(34-29(41)35-31(13-16-42-17-14-31)19-21-8-5-4-6-9-21)28(40)36-15-7-10-23(36)27(39)33-22(18-20-11-12-20)24(37)26(32)38/h4-6,8-9,20,22-23,25H,7,10-19H2,1-3H3,(H2,32,38)(H,33,39)(H2,34,35,41)/t22?,23-,25?/m0/s1. The Bertz CT molecular complexity index is 1160. The highest BCUT2D eigenvalue weighted by atomic mass is 32.2. The highest BCUT2D eigenvalue weighted by Crippen LogP contribution is 2.34. The van der Waals surface area contributed by atoms with E-state index >= 15 is 0 Å². The van der Waals surface area contributed by atoms with Gasteiger partial charge in [-0.25, -0.2) is 4.79 Å². The number of rotatable bonds is 11. The molecule has 4 rings (SSSR count). The van der Waals surface area contributed by atoms with E-state index in [0.29, 0.717) is 32.2 Å². The number of hydrogen-bond donors (Lipinski definition) is 4. The molecule has 0 radical (unpaired) electrons. The fourth-order valence-corrected chi connectivity index (χ4v) is 7.25. The topological polar surface area (TPSA) is 151 Å². The lowest BCUT2D eigenvalue weighted by Gasteiger charge is -2.40. The molecule has 10 nitrogen and oxygen atoms in total. The van der Waals surface area contributed by atoms with Gasteiger partial charge < -0.3 is 26.6 Å². The van der Waals surface area contributed by atoms with Gasteiger partial charge in [-0.1, -0.05) is 63.9 Å². The van der Waals surface area contributed by atoms with Crippen LogP contribution in [0.15, 0.2) is 30.3 Å². The van der Waals surface area contributed by atoms with Crippen LogP contribution >= 0.6 is 11.8 Å². The molecule has 1 aliphatic carbocycles. The van der Waals surface area contributed by atoms with Crippen LogP contribution in [0.25, 0.3) is 0 Å². The zero-order valence-corrected chi connectivity index (χ0v) is 25.8. The number of primary amides is 1. The molecule has 230 valence electrons. The summed E-state index contributed by atoms with van der Waals surface area (Å²) in [6, 6.07) is 7.03. The Morgan fingerprint density at radius 2 is 1.69 bits per heavy atom. The van der Waals surface area contributed by atoms with Crippen molar-refractivity contribution in [1.29, 1.82) is 0 Å². The number of carbonyl (C=O) groups is 5. The number of ketones is 1. The van der Waals surface area contributed by atoms with Crippen LogP contribution in [0.4, 0.5) is 4.79 Å². The second-order valence-electron chi connectivity index (χ2n) is 13.1. The number of thioether (sulfide) groups is 1. The summed E-state index contributed by atoms with van der Waals surface area (Å²) in [7, 11) is 0. The Balaban J connectivity index is 1.46.